The number of rotatable bonds is 2. The van der Waals surface area contributed by atoms with E-state index in [1.54, 1.807) is 28.6 Å². The molecule has 0 saturated heterocycles. The Bertz CT molecular complexity index is 832. The van der Waals surface area contributed by atoms with Gasteiger partial charge in [0, 0.05) is 31.2 Å². The van der Waals surface area contributed by atoms with Crippen molar-refractivity contribution >= 4 is 28.5 Å². The van der Waals surface area contributed by atoms with Crippen LogP contribution in [0.25, 0.3) is 22.0 Å². The molecule has 0 amide bonds. The quantitative estimate of drug-likeness (QED) is 0.789. The molecule has 2 aromatic heterocycles. The van der Waals surface area contributed by atoms with Crippen LogP contribution in [-0.4, -0.2) is 25.4 Å². The molecule has 0 fully saturated rings. The minimum absolute atomic E-state index is 0.213. The summed E-state index contributed by atoms with van der Waals surface area (Å²) in [5.74, 6) is -0.970. The van der Waals surface area contributed by atoms with Crippen LogP contribution in [0.3, 0.4) is 0 Å². The first-order valence-corrected chi connectivity index (χ1v) is 6.36. The molecule has 6 heteroatoms. The average molecular weight is 290 g/mol. The molecule has 0 saturated carbocycles. The van der Waals surface area contributed by atoms with Crippen molar-refractivity contribution in [2.24, 2.45) is 14.1 Å². The van der Waals surface area contributed by atoms with Gasteiger partial charge < -0.3 is 9.67 Å². The molecule has 0 unspecified atom stereocenters. The van der Waals surface area contributed by atoms with Crippen molar-refractivity contribution in [3.05, 3.63) is 41.3 Å². The van der Waals surface area contributed by atoms with E-state index in [1.165, 1.54) is 0 Å². The Morgan fingerprint density at radius 3 is 2.60 bits per heavy atom. The molecule has 3 aromatic rings. The van der Waals surface area contributed by atoms with Crippen molar-refractivity contribution in [1.82, 2.24) is 14.3 Å². The van der Waals surface area contributed by atoms with Crippen molar-refractivity contribution in [2.45, 2.75) is 0 Å². The summed E-state index contributed by atoms with van der Waals surface area (Å²) in [6, 6.07) is 5.34. The number of fused-ring (bicyclic) bond motifs is 1. The lowest BCUT2D eigenvalue weighted by atomic mass is 10.1. The first-order valence-electron chi connectivity index (χ1n) is 5.98. The standard InChI is InChI=1S/C14H12ClN3O2/c1-17-7-9(6-16-17)8-3-11(15)10-5-13(14(19)20)18(2)12(10)4-8/h3-7H,1-2H3,(H,19,20). The van der Waals surface area contributed by atoms with Crippen molar-refractivity contribution in [3.8, 4) is 11.1 Å². The third kappa shape index (κ3) is 1.87. The molecule has 3 rings (SSSR count). The third-order valence-electron chi connectivity index (χ3n) is 3.37. The van der Waals surface area contributed by atoms with Crippen LogP contribution in [0.15, 0.2) is 30.6 Å². The predicted octanol–water partition coefficient (Wildman–Crippen LogP) is 2.93. The lowest BCUT2D eigenvalue weighted by molar-refractivity contribution is 0.0687. The zero-order valence-electron chi connectivity index (χ0n) is 11.0. The van der Waals surface area contributed by atoms with E-state index < -0.39 is 5.97 Å². The van der Waals surface area contributed by atoms with Crippen LogP contribution in [0.2, 0.25) is 5.02 Å². The highest BCUT2D eigenvalue weighted by molar-refractivity contribution is 6.36. The van der Waals surface area contributed by atoms with Crippen LogP contribution in [0, 0.1) is 0 Å². The van der Waals surface area contributed by atoms with Crippen LogP contribution < -0.4 is 0 Å². The second kappa shape index (κ2) is 4.38. The van der Waals surface area contributed by atoms with Crippen molar-refractivity contribution in [3.63, 3.8) is 0 Å². The molecule has 0 aliphatic carbocycles. The van der Waals surface area contributed by atoms with Gasteiger partial charge in [0.25, 0.3) is 0 Å². The number of benzene rings is 1. The Labute approximate surface area is 120 Å². The zero-order chi connectivity index (χ0) is 14.4. The minimum Gasteiger partial charge on any atom is -0.477 e. The number of hydrogen-bond acceptors (Lipinski definition) is 2. The van der Waals surface area contributed by atoms with E-state index in [9.17, 15) is 9.90 Å². The molecule has 0 atom stereocenters. The molecule has 2 heterocycles. The fourth-order valence-corrected chi connectivity index (χ4v) is 2.60. The van der Waals surface area contributed by atoms with E-state index in [0.29, 0.717) is 5.02 Å². The highest BCUT2D eigenvalue weighted by Gasteiger charge is 2.15. The molecule has 5 nitrogen and oxygen atoms in total. The summed E-state index contributed by atoms with van der Waals surface area (Å²) in [5.41, 5.74) is 2.85. The van der Waals surface area contributed by atoms with E-state index in [0.717, 1.165) is 22.0 Å². The Hall–Kier alpha value is -2.27. The lowest BCUT2D eigenvalue weighted by Crippen LogP contribution is -2.03. The smallest absolute Gasteiger partial charge is 0.352 e. The molecular weight excluding hydrogens is 278 g/mol. The summed E-state index contributed by atoms with van der Waals surface area (Å²) in [4.78, 5) is 11.2. The van der Waals surface area contributed by atoms with Crippen molar-refractivity contribution < 1.29 is 9.90 Å². The molecule has 1 N–H and O–H groups in total. The zero-order valence-corrected chi connectivity index (χ0v) is 11.7. The largest absolute Gasteiger partial charge is 0.477 e. The Morgan fingerprint density at radius 1 is 1.25 bits per heavy atom. The van der Waals surface area contributed by atoms with E-state index in [-0.39, 0.29) is 5.69 Å². The summed E-state index contributed by atoms with van der Waals surface area (Å²) >= 11 is 6.28. The van der Waals surface area contributed by atoms with Gasteiger partial charge in [-0.2, -0.15) is 5.10 Å². The van der Waals surface area contributed by atoms with Crippen LogP contribution in [0.1, 0.15) is 10.5 Å². The van der Waals surface area contributed by atoms with Gasteiger partial charge in [-0.05, 0) is 23.8 Å². The molecule has 0 bridgehead atoms. The number of aromatic nitrogens is 3. The van der Waals surface area contributed by atoms with Gasteiger partial charge in [-0.25, -0.2) is 4.79 Å². The van der Waals surface area contributed by atoms with E-state index in [1.807, 2.05) is 25.4 Å². The average Bonchev–Trinajstić information content (AvgIpc) is 2.95. The number of carbonyl (C=O) groups is 1. The maximum absolute atomic E-state index is 11.2. The molecule has 102 valence electrons. The Morgan fingerprint density at radius 2 is 2.00 bits per heavy atom. The summed E-state index contributed by atoms with van der Waals surface area (Å²) in [6.45, 7) is 0. The first-order chi connectivity index (χ1) is 9.47. The second-order valence-electron chi connectivity index (χ2n) is 4.69. The van der Waals surface area contributed by atoms with Crippen LogP contribution in [-0.2, 0) is 14.1 Å². The highest BCUT2D eigenvalue weighted by atomic mass is 35.5. The van der Waals surface area contributed by atoms with Crippen molar-refractivity contribution in [1.29, 1.82) is 0 Å². The molecular formula is C14H12ClN3O2. The van der Waals surface area contributed by atoms with Gasteiger partial charge in [-0.15, -0.1) is 0 Å². The molecule has 0 aliphatic rings. The SMILES string of the molecule is Cn1cc(-c2cc(Cl)c3cc(C(=O)O)n(C)c3c2)cn1. The number of carboxylic acids is 1. The third-order valence-corrected chi connectivity index (χ3v) is 3.68. The fourth-order valence-electron chi connectivity index (χ4n) is 2.33. The van der Waals surface area contributed by atoms with Gasteiger partial charge in [0.05, 0.1) is 16.7 Å². The molecule has 1 aromatic carbocycles. The molecule has 0 spiro atoms. The van der Waals surface area contributed by atoms with E-state index in [2.05, 4.69) is 5.10 Å². The maximum atomic E-state index is 11.2. The normalized spacial score (nSPS) is 11.2. The summed E-state index contributed by atoms with van der Waals surface area (Å²) in [7, 11) is 3.56. The summed E-state index contributed by atoms with van der Waals surface area (Å²) in [5, 5.41) is 14.6. The van der Waals surface area contributed by atoms with Crippen LogP contribution in [0.4, 0.5) is 0 Å². The fraction of sp³-hybridized carbons (Fsp3) is 0.143. The number of hydrogen-bond donors (Lipinski definition) is 1. The molecule has 20 heavy (non-hydrogen) atoms. The number of aromatic carboxylic acids is 1. The van der Waals surface area contributed by atoms with Gasteiger partial charge in [0.15, 0.2) is 0 Å². The Balaban J connectivity index is 2.28. The topological polar surface area (TPSA) is 60.1 Å². The first kappa shape index (κ1) is 12.7. The van der Waals surface area contributed by atoms with Gasteiger partial charge in [-0.3, -0.25) is 4.68 Å². The summed E-state index contributed by atoms with van der Waals surface area (Å²) < 4.78 is 3.34. The van der Waals surface area contributed by atoms with E-state index in [4.69, 9.17) is 11.6 Å². The number of halogens is 1. The maximum Gasteiger partial charge on any atom is 0.352 e. The van der Waals surface area contributed by atoms with Gasteiger partial charge in [0.1, 0.15) is 5.69 Å². The highest BCUT2D eigenvalue weighted by Crippen LogP contribution is 2.32. The number of nitrogens with zero attached hydrogens (tertiary/aromatic N) is 3. The van der Waals surface area contributed by atoms with E-state index >= 15 is 0 Å². The van der Waals surface area contributed by atoms with Gasteiger partial charge >= 0.3 is 5.97 Å². The minimum atomic E-state index is -0.970. The lowest BCUT2D eigenvalue weighted by Gasteiger charge is -2.03. The molecule has 0 aliphatic heterocycles. The number of aryl methyl sites for hydroxylation is 2. The van der Waals surface area contributed by atoms with Crippen LogP contribution in [0.5, 0.6) is 0 Å². The van der Waals surface area contributed by atoms with Crippen LogP contribution >= 0.6 is 11.6 Å². The number of carboxylic acid groups (broad SMARTS) is 1. The molecule has 0 radical (unpaired) electrons. The summed E-state index contributed by atoms with van der Waals surface area (Å²) in [6.07, 6.45) is 3.64. The second-order valence-corrected chi connectivity index (χ2v) is 5.09. The monoisotopic (exact) mass is 289 g/mol. The predicted molar refractivity (Wildman–Crippen MR) is 77.1 cm³/mol. The Kier molecular flexibility index (Phi) is 2.79. The van der Waals surface area contributed by atoms with Gasteiger partial charge in [-0.1, -0.05) is 11.6 Å². The van der Waals surface area contributed by atoms with Crippen molar-refractivity contribution in [2.75, 3.05) is 0 Å². The van der Waals surface area contributed by atoms with Gasteiger partial charge in [0.2, 0.25) is 0 Å².